The molecule has 9 atom stereocenters. The first kappa shape index (κ1) is 25.5. The topological polar surface area (TPSA) is 80.7 Å². The van der Waals surface area contributed by atoms with Gasteiger partial charge in [-0.2, -0.15) is 0 Å². The normalized spacial score (nSPS) is 47.4. The van der Waals surface area contributed by atoms with E-state index in [0.717, 1.165) is 6.08 Å². The minimum absolute atomic E-state index is 0.0141. The molecule has 4 rings (SSSR count). The maximum absolute atomic E-state index is 17.2. The van der Waals surface area contributed by atoms with Gasteiger partial charge in [-0.25, -0.2) is 13.2 Å². The number of halogens is 3. The lowest BCUT2D eigenvalue weighted by atomic mass is 9.44. The first-order chi connectivity index (χ1) is 15.8. The van der Waals surface area contributed by atoms with Crippen LogP contribution in [0.25, 0.3) is 0 Å². The van der Waals surface area contributed by atoms with Crippen molar-refractivity contribution in [1.82, 2.24) is 0 Å². The first-order valence-electron chi connectivity index (χ1n) is 11.7. The number of ether oxygens (including phenoxy) is 1. The third-order valence-electron chi connectivity index (χ3n) is 9.22. The molecule has 188 valence electrons. The molecule has 3 fully saturated rings. The quantitative estimate of drug-likeness (QED) is 0.576. The molecular weight excluding hydrogens is 469 g/mol. The zero-order valence-electron chi connectivity index (χ0n) is 19.8. The molecular formula is C25H31F3O5S. The van der Waals surface area contributed by atoms with Crippen molar-refractivity contribution in [2.24, 2.45) is 28.6 Å². The zero-order chi connectivity index (χ0) is 25.3. The van der Waals surface area contributed by atoms with E-state index in [1.54, 1.807) is 20.8 Å². The monoisotopic (exact) mass is 500 g/mol. The number of hydrogen-bond acceptors (Lipinski definition) is 6. The van der Waals surface area contributed by atoms with Crippen LogP contribution in [0.5, 0.6) is 0 Å². The highest BCUT2D eigenvalue weighted by Gasteiger charge is 2.78. The summed E-state index contributed by atoms with van der Waals surface area (Å²) in [5, 5.41) is 10.7. The molecule has 0 unspecified atom stereocenters. The van der Waals surface area contributed by atoms with E-state index in [0.29, 0.717) is 11.8 Å². The summed E-state index contributed by atoms with van der Waals surface area (Å²) >= 11 is 0.396. The molecule has 0 aromatic rings. The first-order valence-corrected chi connectivity index (χ1v) is 12.7. The van der Waals surface area contributed by atoms with E-state index in [1.807, 2.05) is 0 Å². The fourth-order valence-electron chi connectivity index (χ4n) is 7.63. The molecule has 4 aliphatic rings. The fraction of sp³-hybridized carbons (Fsp3) is 0.720. The van der Waals surface area contributed by atoms with Crippen LogP contribution >= 0.6 is 11.8 Å². The van der Waals surface area contributed by atoms with Gasteiger partial charge in [0.05, 0.1) is 6.10 Å². The average Bonchev–Trinajstić information content (AvgIpc) is 2.99. The number of alkyl halides is 3. The van der Waals surface area contributed by atoms with Gasteiger partial charge < -0.3 is 9.84 Å². The molecule has 9 heteroatoms. The second-order valence-electron chi connectivity index (χ2n) is 10.6. The van der Waals surface area contributed by atoms with Crippen molar-refractivity contribution in [2.75, 3.05) is 6.01 Å². The number of aliphatic hydroxyl groups excluding tert-OH is 1. The van der Waals surface area contributed by atoms with Gasteiger partial charge in [-0.05, 0) is 61.6 Å². The van der Waals surface area contributed by atoms with Crippen LogP contribution in [0.3, 0.4) is 0 Å². The van der Waals surface area contributed by atoms with Gasteiger partial charge in [-0.3, -0.25) is 14.4 Å². The summed E-state index contributed by atoms with van der Waals surface area (Å²) in [6.45, 7) is 6.45. The standard InChI is InChI=1S/C25H31F3O5S/c1-5-20(31)33-25(21(32)34-12-26)13(2)8-15-16-10-18(27)17-9-14(29)6-7-22(17,3)24(16,28)19(30)11-23(15,25)4/h6-7,9,13,15-16,18-19,30H,5,8,10-12H2,1-4H3/t13-,15-,16+,18-,19+,22+,23+,24-,25+/m1/s1. The molecule has 1 N–H and O–H groups in total. The van der Waals surface area contributed by atoms with Crippen molar-refractivity contribution in [3.63, 3.8) is 0 Å². The fourth-order valence-corrected chi connectivity index (χ4v) is 8.42. The number of esters is 1. The molecule has 0 radical (unpaired) electrons. The highest BCUT2D eigenvalue weighted by atomic mass is 32.2. The molecule has 0 bridgehead atoms. The minimum atomic E-state index is -2.30. The van der Waals surface area contributed by atoms with E-state index in [-0.39, 0.29) is 31.3 Å². The Kier molecular flexibility index (Phi) is 6.16. The van der Waals surface area contributed by atoms with Crippen LogP contribution < -0.4 is 0 Å². The molecule has 34 heavy (non-hydrogen) atoms. The average molecular weight is 501 g/mol. The van der Waals surface area contributed by atoms with E-state index in [2.05, 4.69) is 0 Å². The molecule has 0 saturated heterocycles. The number of carbonyl (C=O) groups excluding carboxylic acids is 3. The Bertz CT molecular complexity index is 984. The third kappa shape index (κ3) is 3.01. The Morgan fingerprint density at radius 2 is 1.94 bits per heavy atom. The number of fused-ring (bicyclic) bond motifs is 5. The van der Waals surface area contributed by atoms with Crippen LogP contribution in [0.2, 0.25) is 0 Å². The number of aliphatic hydroxyl groups is 1. The smallest absolute Gasteiger partial charge is 0.306 e. The Balaban J connectivity index is 1.87. The lowest BCUT2D eigenvalue weighted by Crippen LogP contribution is -2.70. The van der Waals surface area contributed by atoms with E-state index >= 15 is 8.78 Å². The van der Waals surface area contributed by atoms with Gasteiger partial charge in [0.25, 0.3) is 0 Å². The van der Waals surface area contributed by atoms with E-state index < -0.39 is 75.0 Å². The molecule has 3 saturated carbocycles. The molecule has 0 aromatic carbocycles. The van der Waals surface area contributed by atoms with Crippen LogP contribution in [0.1, 0.15) is 53.4 Å². The van der Waals surface area contributed by atoms with Crippen molar-refractivity contribution in [1.29, 1.82) is 0 Å². The molecule has 4 aliphatic carbocycles. The summed E-state index contributed by atoms with van der Waals surface area (Å²) in [6.07, 6.45) is 0.160. The van der Waals surface area contributed by atoms with Crippen LogP contribution in [-0.4, -0.2) is 51.5 Å². The van der Waals surface area contributed by atoms with Crippen molar-refractivity contribution in [3.05, 3.63) is 23.8 Å². The van der Waals surface area contributed by atoms with Crippen molar-refractivity contribution in [3.8, 4) is 0 Å². The zero-order valence-corrected chi connectivity index (χ0v) is 20.6. The van der Waals surface area contributed by atoms with E-state index in [9.17, 15) is 23.9 Å². The summed E-state index contributed by atoms with van der Waals surface area (Å²) in [4.78, 5) is 37.8. The molecule has 0 aromatic heterocycles. The van der Waals surface area contributed by atoms with Gasteiger partial charge in [0, 0.05) is 29.1 Å². The van der Waals surface area contributed by atoms with Crippen molar-refractivity contribution < 1.29 is 37.4 Å². The Morgan fingerprint density at radius 3 is 2.56 bits per heavy atom. The Labute approximate surface area is 201 Å². The van der Waals surface area contributed by atoms with Crippen molar-refractivity contribution in [2.45, 2.75) is 76.9 Å². The number of rotatable bonds is 4. The molecule has 0 amide bonds. The molecule has 0 aliphatic heterocycles. The van der Waals surface area contributed by atoms with Crippen molar-refractivity contribution >= 4 is 28.6 Å². The van der Waals surface area contributed by atoms with Gasteiger partial charge in [0.15, 0.2) is 17.1 Å². The summed E-state index contributed by atoms with van der Waals surface area (Å²) in [6, 6.07) is -1.02. The van der Waals surface area contributed by atoms with E-state index in [1.165, 1.54) is 19.1 Å². The predicted molar refractivity (Wildman–Crippen MR) is 121 cm³/mol. The maximum Gasteiger partial charge on any atom is 0.306 e. The summed E-state index contributed by atoms with van der Waals surface area (Å²) in [5.74, 6) is -3.30. The second-order valence-corrected chi connectivity index (χ2v) is 11.5. The lowest BCUT2D eigenvalue weighted by Gasteiger charge is -2.63. The molecule has 5 nitrogen and oxygen atoms in total. The van der Waals surface area contributed by atoms with Gasteiger partial charge in [0.2, 0.25) is 5.12 Å². The highest BCUT2D eigenvalue weighted by molar-refractivity contribution is 8.13. The number of ketones is 1. The van der Waals surface area contributed by atoms with Crippen LogP contribution in [0.4, 0.5) is 13.2 Å². The van der Waals surface area contributed by atoms with Gasteiger partial charge in [-0.15, -0.1) is 0 Å². The Hall–Kier alpha value is -1.61. The number of hydrogen-bond donors (Lipinski definition) is 1. The summed E-state index contributed by atoms with van der Waals surface area (Å²) < 4.78 is 51.8. The third-order valence-corrected chi connectivity index (χ3v) is 9.90. The van der Waals surface area contributed by atoms with Gasteiger partial charge in [-0.1, -0.05) is 26.8 Å². The van der Waals surface area contributed by atoms with Crippen LogP contribution in [0.15, 0.2) is 23.8 Å². The maximum atomic E-state index is 17.2. The molecule has 0 heterocycles. The molecule has 0 spiro atoms. The lowest BCUT2D eigenvalue weighted by molar-refractivity contribution is -0.228. The van der Waals surface area contributed by atoms with Crippen LogP contribution in [0, 0.1) is 28.6 Å². The van der Waals surface area contributed by atoms with Gasteiger partial charge in [0.1, 0.15) is 12.2 Å². The Morgan fingerprint density at radius 1 is 1.26 bits per heavy atom. The number of thioether (sulfide) groups is 1. The minimum Gasteiger partial charge on any atom is -0.449 e. The summed E-state index contributed by atoms with van der Waals surface area (Å²) in [5.41, 5.74) is -6.84. The van der Waals surface area contributed by atoms with Gasteiger partial charge >= 0.3 is 5.97 Å². The number of carbonyl (C=O) groups is 3. The second kappa shape index (κ2) is 8.22. The SMILES string of the molecule is CCC(=O)O[C@]1(C(=O)SCF)[C@H](C)C[C@@H]2[C@@H]3C[C@@H](F)C4=CC(=O)C=C[C@]4(C)[C@]3(F)[C@@H](O)C[C@@]21C. The van der Waals surface area contributed by atoms with Crippen LogP contribution in [-0.2, 0) is 19.1 Å². The summed E-state index contributed by atoms with van der Waals surface area (Å²) in [7, 11) is 0. The largest absolute Gasteiger partial charge is 0.449 e. The highest BCUT2D eigenvalue weighted by Crippen LogP contribution is 2.72. The predicted octanol–water partition coefficient (Wildman–Crippen LogP) is 4.43. The van der Waals surface area contributed by atoms with E-state index in [4.69, 9.17) is 4.74 Å². The number of allylic oxidation sites excluding steroid dienone is 4.